The molecule has 0 bridgehead atoms. The predicted octanol–water partition coefficient (Wildman–Crippen LogP) is 3.85. The van der Waals surface area contributed by atoms with Crippen molar-refractivity contribution in [2.45, 2.75) is 84.4 Å². The molecule has 1 aliphatic heterocycles. The summed E-state index contributed by atoms with van der Waals surface area (Å²) < 4.78 is 11.2. The molecule has 0 radical (unpaired) electrons. The second kappa shape index (κ2) is 6.88. The molecule has 0 aliphatic carbocycles. The van der Waals surface area contributed by atoms with E-state index in [1.807, 2.05) is 13.8 Å². The quantitative estimate of drug-likeness (QED) is 0.420. The van der Waals surface area contributed by atoms with Crippen LogP contribution in [0.25, 0.3) is 0 Å². The molecule has 120 valence electrons. The average Bonchev–Trinajstić information content (AvgIpc) is 2.71. The summed E-state index contributed by atoms with van der Waals surface area (Å²) in [5.41, 5.74) is -0.664. The first kappa shape index (κ1) is 18.1. The van der Waals surface area contributed by atoms with Crippen molar-refractivity contribution >= 4 is 8.32 Å². The normalized spacial score (nSPS) is 28.1. The number of hydrogen-bond acceptors (Lipinski definition) is 4. The van der Waals surface area contributed by atoms with E-state index in [4.69, 9.17) is 14.2 Å². The van der Waals surface area contributed by atoms with E-state index in [0.717, 1.165) is 31.0 Å². The van der Waals surface area contributed by atoms with Gasteiger partial charge in [0.05, 0.1) is 12.2 Å². The molecule has 1 saturated heterocycles. The highest BCUT2D eigenvalue weighted by Crippen LogP contribution is 2.41. The van der Waals surface area contributed by atoms with Crippen molar-refractivity contribution in [3.05, 3.63) is 0 Å². The first-order valence-corrected chi connectivity index (χ1v) is 10.4. The summed E-state index contributed by atoms with van der Waals surface area (Å²) in [5.74, 6) is 0. The molecule has 0 saturated carbocycles. The zero-order valence-electron chi connectivity index (χ0n) is 14.0. The molecule has 0 spiro atoms. The Morgan fingerprint density at radius 2 is 1.80 bits per heavy atom. The third-order valence-corrected chi connectivity index (χ3v) is 9.05. The number of rotatable bonds is 8. The van der Waals surface area contributed by atoms with Crippen molar-refractivity contribution in [1.82, 2.24) is 0 Å². The topological polar surface area (TPSA) is 47.9 Å². The molecule has 5 heteroatoms. The van der Waals surface area contributed by atoms with Crippen molar-refractivity contribution in [2.24, 2.45) is 5.41 Å². The van der Waals surface area contributed by atoms with E-state index in [1.54, 1.807) is 0 Å². The molecule has 0 amide bonds. The monoisotopic (exact) mass is 304 g/mol. The summed E-state index contributed by atoms with van der Waals surface area (Å²) in [6, 6.07) is 3.21. The minimum absolute atomic E-state index is 0.248. The van der Waals surface area contributed by atoms with Crippen LogP contribution in [0.2, 0.25) is 18.1 Å². The smallest absolute Gasteiger partial charge is 0.238 e. The van der Waals surface area contributed by atoms with Gasteiger partial charge in [0.2, 0.25) is 8.32 Å². The molecule has 2 atom stereocenters. The largest absolute Gasteiger partial charge is 0.367 e. The summed E-state index contributed by atoms with van der Waals surface area (Å²) in [7, 11) is -1.74. The average molecular weight is 305 g/mol. The van der Waals surface area contributed by atoms with E-state index in [2.05, 4.69) is 27.7 Å². The van der Waals surface area contributed by atoms with E-state index in [0.29, 0.717) is 6.61 Å². The minimum atomic E-state index is -1.74. The lowest BCUT2D eigenvalue weighted by atomic mass is 9.78. The van der Waals surface area contributed by atoms with E-state index in [1.165, 1.54) is 0 Å². The molecular weight excluding hydrogens is 272 g/mol. The van der Waals surface area contributed by atoms with Crippen molar-refractivity contribution in [3.63, 3.8) is 0 Å². The molecule has 20 heavy (non-hydrogen) atoms. The Morgan fingerprint density at radius 3 is 2.20 bits per heavy atom. The molecule has 1 N–H and O–H groups in total. The first-order chi connectivity index (χ1) is 9.22. The van der Waals surface area contributed by atoms with Gasteiger partial charge >= 0.3 is 0 Å². The molecule has 0 aromatic carbocycles. The Morgan fingerprint density at radius 1 is 1.25 bits per heavy atom. The molecule has 4 nitrogen and oxygen atoms in total. The highest BCUT2D eigenvalue weighted by Gasteiger charge is 2.44. The number of aliphatic hydroxyl groups is 1. The summed E-state index contributed by atoms with van der Waals surface area (Å²) in [4.78, 5) is 5.84. The molecule has 0 aromatic rings. The zero-order valence-corrected chi connectivity index (χ0v) is 15.0. The van der Waals surface area contributed by atoms with Gasteiger partial charge in [0, 0.05) is 5.41 Å². The maximum absolute atomic E-state index is 9.97. The van der Waals surface area contributed by atoms with Crippen LogP contribution in [0.4, 0.5) is 0 Å². The van der Waals surface area contributed by atoms with Crippen LogP contribution in [0.15, 0.2) is 0 Å². The van der Waals surface area contributed by atoms with Gasteiger partial charge in [-0.25, -0.2) is 4.89 Å². The molecule has 1 rings (SSSR count). The van der Waals surface area contributed by atoms with Gasteiger partial charge in [-0.1, -0.05) is 27.7 Å². The minimum Gasteiger partial charge on any atom is -0.367 e. The van der Waals surface area contributed by atoms with Crippen LogP contribution in [0.5, 0.6) is 0 Å². The molecule has 1 aliphatic rings. The fraction of sp³-hybridized carbons (Fsp3) is 1.00. The van der Waals surface area contributed by atoms with Gasteiger partial charge in [0.15, 0.2) is 6.29 Å². The summed E-state index contributed by atoms with van der Waals surface area (Å²) in [6.07, 6.45) is 0.887. The number of ether oxygens (including phenoxy) is 1. The molecule has 0 unspecified atom stereocenters. The van der Waals surface area contributed by atoms with Gasteiger partial charge in [-0.3, -0.25) is 4.58 Å². The van der Waals surface area contributed by atoms with Crippen LogP contribution in [-0.4, -0.2) is 31.9 Å². The van der Waals surface area contributed by atoms with Gasteiger partial charge in [0.25, 0.3) is 0 Å². The van der Waals surface area contributed by atoms with Gasteiger partial charge in [0.1, 0.15) is 0 Å². The van der Waals surface area contributed by atoms with Crippen molar-refractivity contribution < 1.29 is 19.3 Å². The zero-order chi connectivity index (χ0) is 15.4. The lowest BCUT2D eigenvalue weighted by molar-refractivity contribution is -0.303. The third kappa shape index (κ3) is 4.27. The maximum Gasteiger partial charge on any atom is 0.238 e. The maximum atomic E-state index is 9.97. The standard InChI is InChI=1S/C15H32O4Si/c1-7-20(8-2,9-3)19-18-14(4,5)12-15(6)10-11-17-13(15)16/h13,16H,7-12H2,1-6H3/t13-,15+/m1/s1. The first-order valence-electron chi connectivity index (χ1n) is 7.89. The Bertz CT molecular complexity index is 296. The second-order valence-corrected chi connectivity index (χ2v) is 11.6. The molecule has 1 fully saturated rings. The van der Waals surface area contributed by atoms with Crippen molar-refractivity contribution in [1.29, 1.82) is 0 Å². The summed E-state index contributed by atoms with van der Waals surface area (Å²) in [5, 5.41) is 9.97. The van der Waals surface area contributed by atoms with Crippen molar-refractivity contribution in [2.75, 3.05) is 6.61 Å². The van der Waals surface area contributed by atoms with Gasteiger partial charge in [-0.15, -0.1) is 0 Å². The summed E-state index contributed by atoms with van der Waals surface area (Å²) in [6.45, 7) is 13.3. The molecule has 0 aromatic heterocycles. The van der Waals surface area contributed by atoms with E-state index >= 15 is 0 Å². The fourth-order valence-corrected chi connectivity index (χ4v) is 5.29. The Kier molecular flexibility index (Phi) is 6.23. The fourth-order valence-electron chi connectivity index (χ4n) is 3.03. The van der Waals surface area contributed by atoms with Crippen LogP contribution in [0.3, 0.4) is 0 Å². The SMILES string of the molecule is CC[Si](CC)(CC)OOC(C)(C)C[C@]1(C)CCO[C@H]1O. The lowest BCUT2D eigenvalue weighted by Gasteiger charge is -2.37. The van der Waals surface area contributed by atoms with E-state index < -0.39 is 20.2 Å². The van der Waals surface area contributed by atoms with Crippen LogP contribution in [0, 0.1) is 5.41 Å². The van der Waals surface area contributed by atoms with E-state index in [-0.39, 0.29) is 5.41 Å². The predicted molar refractivity (Wildman–Crippen MR) is 82.7 cm³/mol. The van der Waals surface area contributed by atoms with Crippen LogP contribution in [-0.2, 0) is 14.2 Å². The van der Waals surface area contributed by atoms with Gasteiger partial charge in [-0.05, 0) is 44.8 Å². The van der Waals surface area contributed by atoms with Gasteiger partial charge in [-0.2, -0.15) is 0 Å². The lowest BCUT2D eigenvalue weighted by Crippen LogP contribution is -2.43. The third-order valence-electron chi connectivity index (χ3n) is 4.75. The second-order valence-electron chi connectivity index (χ2n) is 6.97. The number of hydrogen-bond donors (Lipinski definition) is 1. The highest BCUT2D eigenvalue weighted by atomic mass is 28.4. The van der Waals surface area contributed by atoms with E-state index in [9.17, 15) is 5.11 Å². The Hall–Kier alpha value is 0.0569. The van der Waals surface area contributed by atoms with Crippen molar-refractivity contribution in [3.8, 4) is 0 Å². The number of aliphatic hydroxyl groups excluding tert-OH is 1. The molecular formula is C15H32O4Si. The van der Waals surface area contributed by atoms with Gasteiger partial charge < -0.3 is 9.84 Å². The Labute approximate surface area is 124 Å². The van der Waals surface area contributed by atoms with Crippen LogP contribution < -0.4 is 0 Å². The summed E-state index contributed by atoms with van der Waals surface area (Å²) >= 11 is 0. The Balaban J connectivity index is 2.61. The molecule has 1 heterocycles. The highest BCUT2D eigenvalue weighted by molar-refractivity contribution is 6.73. The van der Waals surface area contributed by atoms with Crippen LogP contribution in [0.1, 0.15) is 54.4 Å². The van der Waals surface area contributed by atoms with Crippen LogP contribution >= 0.6 is 0 Å².